The second kappa shape index (κ2) is 12.5. The first-order chi connectivity index (χ1) is 28.3. The number of aromatic nitrogens is 3. The number of rotatable bonds is 5. The van der Waals surface area contributed by atoms with Gasteiger partial charge in [-0.25, -0.2) is 0 Å². The minimum absolute atomic E-state index is 1.14. The van der Waals surface area contributed by atoms with Gasteiger partial charge in [0.05, 0.1) is 38.8 Å². The van der Waals surface area contributed by atoms with Crippen molar-refractivity contribution in [3.63, 3.8) is 0 Å². The van der Waals surface area contributed by atoms with Crippen molar-refractivity contribution in [2.24, 2.45) is 0 Å². The number of hydrogen-bond acceptors (Lipinski definition) is 0. The maximum Gasteiger partial charge on any atom is 0.0562 e. The predicted octanol–water partition coefficient (Wildman–Crippen LogP) is 14.3. The van der Waals surface area contributed by atoms with Crippen molar-refractivity contribution >= 4 is 65.4 Å². The molecule has 3 aromatic heterocycles. The van der Waals surface area contributed by atoms with Gasteiger partial charge in [0.1, 0.15) is 0 Å². The second-order valence-corrected chi connectivity index (χ2v) is 14.9. The molecular formula is C54H35N3. The van der Waals surface area contributed by atoms with E-state index in [9.17, 15) is 0 Å². The lowest BCUT2D eigenvalue weighted by Gasteiger charge is -2.13. The van der Waals surface area contributed by atoms with Crippen LogP contribution in [0.25, 0.3) is 105 Å². The Morgan fingerprint density at radius 2 is 0.632 bits per heavy atom. The van der Waals surface area contributed by atoms with E-state index in [1.54, 1.807) is 0 Å². The molecule has 12 aromatic rings. The number of benzene rings is 9. The van der Waals surface area contributed by atoms with Gasteiger partial charge in [-0.1, -0.05) is 152 Å². The third-order valence-electron chi connectivity index (χ3n) is 11.9. The second-order valence-electron chi connectivity index (χ2n) is 14.9. The summed E-state index contributed by atoms with van der Waals surface area (Å²) >= 11 is 0. The third-order valence-corrected chi connectivity index (χ3v) is 11.9. The van der Waals surface area contributed by atoms with E-state index in [4.69, 9.17) is 0 Å². The molecule has 0 aliphatic rings. The van der Waals surface area contributed by atoms with Gasteiger partial charge >= 0.3 is 0 Å². The zero-order valence-electron chi connectivity index (χ0n) is 31.0. The van der Waals surface area contributed by atoms with E-state index in [1.165, 1.54) is 93.4 Å². The smallest absolute Gasteiger partial charge is 0.0562 e. The molecule has 0 aliphatic carbocycles. The highest BCUT2D eigenvalue weighted by Crippen LogP contribution is 2.41. The van der Waals surface area contributed by atoms with E-state index in [0.717, 1.165) is 11.4 Å². The fraction of sp³-hybridized carbons (Fsp3) is 0. The summed E-state index contributed by atoms with van der Waals surface area (Å²) < 4.78 is 7.33. The molecule has 0 atom stereocenters. The van der Waals surface area contributed by atoms with Crippen LogP contribution in [0.5, 0.6) is 0 Å². The van der Waals surface area contributed by atoms with Crippen LogP contribution in [-0.2, 0) is 0 Å². The fourth-order valence-corrected chi connectivity index (χ4v) is 9.31. The van der Waals surface area contributed by atoms with Crippen LogP contribution in [0.4, 0.5) is 0 Å². The van der Waals surface area contributed by atoms with Crippen LogP contribution in [0, 0.1) is 0 Å². The topological polar surface area (TPSA) is 14.8 Å². The van der Waals surface area contributed by atoms with Gasteiger partial charge in [-0.05, 0) is 82.9 Å². The monoisotopic (exact) mass is 725 g/mol. The van der Waals surface area contributed by atoms with Crippen molar-refractivity contribution in [3.8, 4) is 39.3 Å². The lowest BCUT2D eigenvalue weighted by molar-refractivity contribution is 1.16. The highest BCUT2D eigenvalue weighted by Gasteiger charge is 2.21. The molecule has 3 heterocycles. The van der Waals surface area contributed by atoms with Gasteiger partial charge in [-0.2, -0.15) is 0 Å². The maximum absolute atomic E-state index is 2.49. The van der Waals surface area contributed by atoms with Crippen LogP contribution in [0.2, 0.25) is 0 Å². The maximum atomic E-state index is 2.49. The Kier molecular flexibility index (Phi) is 6.93. The van der Waals surface area contributed by atoms with Gasteiger partial charge in [0.25, 0.3) is 0 Å². The summed E-state index contributed by atoms with van der Waals surface area (Å²) in [5.74, 6) is 0. The van der Waals surface area contributed by atoms with E-state index in [0.29, 0.717) is 0 Å². The molecule has 0 radical (unpaired) electrons. The Labute approximate surface area is 329 Å². The molecule has 0 spiro atoms. The molecule has 0 saturated heterocycles. The van der Waals surface area contributed by atoms with Crippen LogP contribution in [0.3, 0.4) is 0 Å². The summed E-state index contributed by atoms with van der Waals surface area (Å²) in [4.78, 5) is 0. The Bertz CT molecular complexity index is 3440. The first kappa shape index (κ1) is 31.7. The molecule has 0 unspecified atom stereocenters. The van der Waals surface area contributed by atoms with Crippen molar-refractivity contribution in [2.75, 3.05) is 0 Å². The van der Waals surface area contributed by atoms with Gasteiger partial charge < -0.3 is 13.7 Å². The zero-order valence-corrected chi connectivity index (χ0v) is 31.0. The first-order valence-electron chi connectivity index (χ1n) is 19.6. The van der Waals surface area contributed by atoms with Crippen LogP contribution < -0.4 is 0 Å². The third kappa shape index (κ3) is 4.79. The Morgan fingerprint density at radius 3 is 1.23 bits per heavy atom. The number of fused-ring (bicyclic) bond motifs is 9. The first-order valence-corrected chi connectivity index (χ1v) is 19.6. The summed E-state index contributed by atoms with van der Waals surface area (Å²) in [7, 11) is 0. The zero-order chi connectivity index (χ0) is 37.5. The lowest BCUT2D eigenvalue weighted by atomic mass is 10.0. The van der Waals surface area contributed by atoms with Crippen molar-refractivity contribution in [1.82, 2.24) is 13.7 Å². The minimum Gasteiger partial charge on any atom is -0.309 e. The van der Waals surface area contributed by atoms with Gasteiger partial charge in [-0.3, -0.25) is 0 Å². The van der Waals surface area contributed by atoms with Crippen molar-refractivity contribution in [1.29, 1.82) is 0 Å². The average Bonchev–Trinajstić information content (AvgIpc) is 3.92. The van der Waals surface area contributed by atoms with Gasteiger partial charge in [0, 0.05) is 43.7 Å². The number of hydrogen-bond donors (Lipinski definition) is 0. The molecule has 9 aromatic carbocycles. The summed E-state index contributed by atoms with van der Waals surface area (Å²) in [5, 5.41) is 7.48. The molecule has 57 heavy (non-hydrogen) atoms. The highest BCUT2D eigenvalue weighted by molar-refractivity contribution is 6.17. The molecule has 0 bridgehead atoms. The molecule has 266 valence electrons. The molecule has 0 fully saturated rings. The van der Waals surface area contributed by atoms with E-state index in [-0.39, 0.29) is 0 Å². The standard InChI is InChI=1S/C54H35N3/c1-2-13-36(14-3-1)37-25-27-38(28-26-37)39-29-31-40(32-30-39)55-50-22-11-7-18-46(50)54-51(55)23-12-24-52(54)57-49-21-10-6-17-44(49)45-34-33-41(35-53(45)57)56-47-19-8-4-15-42(47)43-16-5-9-20-48(43)56/h1-35H. The van der Waals surface area contributed by atoms with Crippen molar-refractivity contribution < 1.29 is 0 Å². The Morgan fingerprint density at radius 1 is 0.228 bits per heavy atom. The van der Waals surface area contributed by atoms with Gasteiger partial charge in [-0.15, -0.1) is 0 Å². The highest BCUT2D eigenvalue weighted by atomic mass is 15.0. The van der Waals surface area contributed by atoms with Gasteiger partial charge in [0.2, 0.25) is 0 Å². The lowest BCUT2D eigenvalue weighted by Crippen LogP contribution is -1.98. The molecule has 12 rings (SSSR count). The van der Waals surface area contributed by atoms with Crippen LogP contribution in [-0.4, -0.2) is 13.7 Å². The summed E-state index contributed by atoms with van der Waals surface area (Å²) in [5.41, 5.74) is 15.5. The predicted molar refractivity (Wildman–Crippen MR) is 240 cm³/mol. The number of para-hydroxylation sites is 4. The average molecular weight is 726 g/mol. The molecule has 3 nitrogen and oxygen atoms in total. The summed E-state index contributed by atoms with van der Waals surface area (Å²) in [6, 6.07) is 77.4. The normalized spacial score (nSPS) is 11.9. The summed E-state index contributed by atoms with van der Waals surface area (Å²) in [6.07, 6.45) is 0. The number of nitrogens with zero attached hydrogens (tertiary/aromatic N) is 3. The SMILES string of the molecule is c1ccc(-c2ccc(-c3ccc(-n4c5ccccc5c5c(-n6c7ccccc7c7ccc(-n8c9ccccc9c9ccccc98)cc76)cccc54)cc3)cc2)cc1. The van der Waals surface area contributed by atoms with E-state index >= 15 is 0 Å². The molecule has 0 amide bonds. The minimum atomic E-state index is 1.14. The Balaban J connectivity index is 1.05. The largest absolute Gasteiger partial charge is 0.309 e. The molecule has 0 saturated carbocycles. The van der Waals surface area contributed by atoms with Crippen LogP contribution in [0.15, 0.2) is 212 Å². The molecular weight excluding hydrogens is 691 g/mol. The molecule has 3 heteroatoms. The van der Waals surface area contributed by atoms with Crippen LogP contribution >= 0.6 is 0 Å². The van der Waals surface area contributed by atoms with Crippen molar-refractivity contribution in [2.45, 2.75) is 0 Å². The molecule has 0 aliphatic heterocycles. The molecule has 0 N–H and O–H groups in total. The van der Waals surface area contributed by atoms with Crippen LogP contribution in [0.1, 0.15) is 0 Å². The quantitative estimate of drug-likeness (QED) is 0.168. The Hall–Kier alpha value is -7.62. The van der Waals surface area contributed by atoms with E-state index < -0.39 is 0 Å². The summed E-state index contributed by atoms with van der Waals surface area (Å²) in [6.45, 7) is 0. The fourth-order valence-electron chi connectivity index (χ4n) is 9.31. The van der Waals surface area contributed by atoms with E-state index in [1.807, 2.05) is 0 Å². The van der Waals surface area contributed by atoms with Gasteiger partial charge in [0.15, 0.2) is 0 Å². The van der Waals surface area contributed by atoms with Crippen molar-refractivity contribution in [3.05, 3.63) is 212 Å². The van der Waals surface area contributed by atoms with E-state index in [2.05, 4.69) is 226 Å².